The highest BCUT2D eigenvalue weighted by atomic mass is 19.4. The molecule has 10 heteroatoms. The second kappa shape index (κ2) is 8.61. The van der Waals surface area contributed by atoms with Gasteiger partial charge in [-0.3, -0.25) is 9.78 Å². The Kier molecular flexibility index (Phi) is 5.58. The Morgan fingerprint density at radius 3 is 2.57 bits per heavy atom. The summed E-state index contributed by atoms with van der Waals surface area (Å²) >= 11 is 0. The Labute approximate surface area is 198 Å². The molecular weight excluding hydrogens is 457 g/mol. The fraction of sp³-hybridized carbons (Fsp3) is 0.240. The van der Waals surface area contributed by atoms with Crippen molar-refractivity contribution in [3.05, 3.63) is 77.1 Å². The molecule has 4 aromatic rings. The molecule has 2 aromatic heterocycles. The molecule has 1 amide bonds. The number of amides is 1. The minimum Gasteiger partial charge on any atom is -0.326 e. The Balaban J connectivity index is 1.44. The van der Waals surface area contributed by atoms with Crippen molar-refractivity contribution < 1.29 is 18.0 Å². The van der Waals surface area contributed by atoms with Gasteiger partial charge in [0.2, 0.25) is 11.7 Å². The molecule has 2 aromatic carbocycles. The highest BCUT2D eigenvalue weighted by molar-refractivity contribution is 5.97. The summed E-state index contributed by atoms with van der Waals surface area (Å²) in [6, 6.07) is 13.9. The summed E-state index contributed by atoms with van der Waals surface area (Å²) in [4.78, 5) is 16.6. The number of aromatic amines is 1. The number of H-pyrrole nitrogens is 1. The summed E-state index contributed by atoms with van der Waals surface area (Å²) < 4.78 is 38.9. The summed E-state index contributed by atoms with van der Waals surface area (Å²) in [5.41, 5.74) is 4.19. The molecule has 5 rings (SSSR count). The molecule has 0 aliphatic heterocycles. The molecule has 0 spiro atoms. The summed E-state index contributed by atoms with van der Waals surface area (Å²) in [5.74, 6) is 0.232. The average Bonchev–Trinajstić information content (AvgIpc) is 3.45. The van der Waals surface area contributed by atoms with Gasteiger partial charge >= 0.3 is 6.18 Å². The van der Waals surface area contributed by atoms with Crippen LogP contribution in [0.15, 0.2) is 54.7 Å². The van der Waals surface area contributed by atoms with Crippen molar-refractivity contribution in [3.8, 4) is 22.5 Å². The number of hydrogen-bond acceptors (Lipinski definition) is 5. The van der Waals surface area contributed by atoms with Gasteiger partial charge in [-0.25, -0.2) is 0 Å². The van der Waals surface area contributed by atoms with Gasteiger partial charge in [0.05, 0.1) is 0 Å². The van der Waals surface area contributed by atoms with E-state index in [9.17, 15) is 18.0 Å². The first-order valence-corrected chi connectivity index (χ1v) is 11.0. The number of nitrogens with zero attached hydrogens (tertiary/aromatic N) is 4. The lowest BCUT2D eigenvalue weighted by Crippen LogP contribution is -2.15. The van der Waals surface area contributed by atoms with Crippen LogP contribution in [-0.4, -0.2) is 31.5 Å². The Hall–Kier alpha value is -4.08. The van der Waals surface area contributed by atoms with E-state index >= 15 is 0 Å². The Morgan fingerprint density at radius 2 is 1.91 bits per heavy atom. The molecule has 7 nitrogen and oxygen atoms in total. The van der Waals surface area contributed by atoms with Gasteiger partial charge in [-0.1, -0.05) is 35.9 Å². The molecule has 2 heterocycles. The number of aromatic nitrogens is 5. The fourth-order valence-corrected chi connectivity index (χ4v) is 4.24. The number of benzene rings is 2. The third kappa shape index (κ3) is 4.64. The van der Waals surface area contributed by atoms with E-state index < -0.39 is 11.9 Å². The molecule has 1 saturated carbocycles. The number of pyridine rings is 1. The predicted molar refractivity (Wildman–Crippen MR) is 123 cm³/mol. The monoisotopic (exact) mass is 478 g/mol. The molecule has 35 heavy (non-hydrogen) atoms. The standard InChI is InChI=1S/C25H21F3N6O/c1-13-4-3-5-15(8-13)18-10-20(18)24(35)30-21-11-19(23-31-33-34-32-23)17(9-14(21)2)16-6-7-22(29-12-16)25(26,27)28/h3-9,11-12,18,20H,10H2,1-2H3,(H,30,35)(H,31,32,33,34). The highest BCUT2D eigenvalue weighted by Gasteiger charge is 2.44. The average molecular weight is 478 g/mol. The minimum atomic E-state index is -4.53. The zero-order chi connectivity index (χ0) is 24.7. The highest BCUT2D eigenvalue weighted by Crippen LogP contribution is 2.48. The van der Waals surface area contributed by atoms with E-state index in [1.807, 2.05) is 32.0 Å². The number of nitrogens with one attached hydrogen (secondary N) is 2. The van der Waals surface area contributed by atoms with Crippen molar-refractivity contribution in [3.63, 3.8) is 0 Å². The number of halogens is 3. The first-order chi connectivity index (χ1) is 16.7. The second-order valence-electron chi connectivity index (χ2n) is 8.73. The maximum atomic E-state index is 13.0. The van der Waals surface area contributed by atoms with Crippen LogP contribution in [0.5, 0.6) is 0 Å². The number of anilines is 1. The van der Waals surface area contributed by atoms with Gasteiger partial charge in [0, 0.05) is 28.9 Å². The molecule has 2 unspecified atom stereocenters. The van der Waals surface area contributed by atoms with Gasteiger partial charge in [0.15, 0.2) is 0 Å². The molecule has 1 aliphatic carbocycles. The number of alkyl halides is 3. The zero-order valence-corrected chi connectivity index (χ0v) is 18.9. The third-order valence-electron chi connectivity index (χ3n) is 6.17. The van der Waals surface area contributed by atoms with E-state index in [1.165, 1.54) is 6.07 Å². The molecule has 0 saturated heterocycles. The molecule has 0 radical (unpaired) electrons. The van der Waals surface area contributed by atoms with E-state index in [1.54, 1.807) is 12.1 Å². The normalized spacial score (nSPS) is 17.3. The minimum absolute atomic E-state index is 0.0809. The van der Waals surface area contributed by atoms with Crippen LogP contribution in [0, 0.1) is 19.8 Å². The van der Waals surface area contributed by atoms with E-state index in [2.05, 4.69) is 37.0 Å². The number of aryl methyl sites for hydroxylation is 2. The van der Waals surface area contributed by atoms with Gasteiger partial charge in [-0.2, -0.15) is 18.4 Å². The first kappa shape index (κ1) is 22.7. The van der Waals surface area contributed by atoms with Gasteiger partial charge < -0.3 is 5.32 Å². The molecule has 2 atom stereocenters. The molecule has 0 bridgehead atoms. The SMILES string of the molecule is Cc1cccc(C2CC2C(=O)Nc2cc(-c3nn[nH]n3)c(-c3ccc(C(F)(F)F)nc3)cc2C)c1. The summed E-state index contributed by atoms with van der Waals surface area (Å²) in [6.45, 7) is 3.85. The fourth-order valence-electron chi connectivity index (χ4n) is 4.24. The predicted octanol–water partition coefficient (Wildman–Crippen LogP) is 5.31. The lowest BCUT2D eigenvalue weighted by Gasteiger charge is -2.15. The largest absolute Gasteiger partial charge is 0.433 e. The van der Waals surface area contributed by atoms with Gasteiger partial charge in [-0.15, -0.1) is 10.2 Å². The van der Waals surface area contributed by atoms with Crippen LogP contribution >= 0.6 is 0 Å². The number of tetrazole rings is 1. The number of carbonyl (C=O) groups excluding carboxylic acids is 1. The van der Waals surface area contributed by atoms with Gasteiger partial charge in [0.1, 0.15) is 5.69 Å². The second-order valence-corrected chi connectivity index (χ2v) is 8.73. The summed E-state index contributed by atoms with van der Waals surface area (Å²) in [7, 11) is 0. The molecule has 1 aliphatic rings. The topological polar surface area (TPSA) is 96.5 Å². The van der Waals surface area contributed by atoms with Crippen molar-refractivity contribution in [1.29, 1.82) is 0 Å². The van der Waals surface area contributed by atoms with E-state index in [0.29, 0.717) is 22.4 Å². The van der Waals surface area contributed by atoms with Crippen LogP contribution in [0.4, 0.5) is 18.9 Å². The van der Waals surface area contributed by atoms with Crippen LogP contribution in [0.2, 0.25) is 0 Å². The molecule has 1 fully saturated rings. The third-order valence-corrected chi connectivity index (χ3v) is 6.17. The Bertz CT molecular complexity index is 1380. The molecule has 178 valence electrons. The maximum absolute atomic E-state index is 13.0. The molecular formula is C25H21F3N6O. The number of rotatable bonds is 5. The zero-order valence-electron chi connectivity index (χ0n) is 18.9. The van der Waals surface area contributed by atoms with E-state index in [-0.39, 0.29) is 23.6 Å². The van der Waals surface area contributed by atoms with Crippen molar-refractivity contribution in [1.82, 2.24) is 25.6 Å². The van der Waals surface area contributed by atoms with Crippen molar-refractivity contribution in [2.45, 2.75) is 32.4 Å². The smallest absolute Gasteiger partial charge is 0.326 e. The van der Waals surface area contributed by atoms with Gasteiger partial charge in [-0.05, 0) is 66.3 Å². The van der Waals surface area contributed by atoms with Crippen LogP contribution in [0.1, 0.15) is 34.7 Å². The lowest BCUT2D eigenvalue weighted by molar-refractivity contribution is -0.141. The maximum Gasteiger partial charge on any atom is 0.433 e. The van der Waals surface area contributed by atoms with Crippen LogP contribution in [0.25, 0.3) is 22.5 Å². The number of carbonyl (C=O) groups is 1. The van der Waals surface area contributed by atoms with Gasteiger partial charge in [0.25, 0.3) is 0 Å². The Morgan fingerprint density at radius 1 is 1.09 bits per heavy atom. The summed E-state index contributed by atoms with van der Waals surface area (Å²) in [5, 5.41) is 17.0. The van der Waals surface area contributed by atoms with Crippen LogP contribution < -0.4 is 5.32 Å². The van der Waals surface area contributed by atoms with E-state index in [4.69, 9.17) is 0 Å². The lowest BCUT2D eigenvalue weighted by atomic mass is 9.96. The number of hydrogen-bond donors (Lipinski definition) is 2. The quantitative estimate of drug-likeness (QED) is 0.405. The van der Waals surface area contributed by atoms with Crippen LogP contribution in [0.3, 0.4) is 0 Å². The summed E-state index contributed by atoms with van der Waals surface area (Å²) in [6.07, 6.45) is -2.59. The van der Waals surface area contributed by atoms with Crippen molar-refractivity contribution >= 4 is 11.6 Å². The van der Waals surface area contributed by atoms with Crippen molar-refractivity contribution in [2.75, 3.05) is 5.32 Å². The van der Waals surface area contributed by atoms with Crippen molar-refractivity contribution in [2.24, 2.45) is 5.92 Å². The first-order valence-electron chi connectivity index (χ1n) is 11.0. The molecule has 2 N–H and O–H groups in total. The van der Waals surface area contributed by atoms with E-state index in [0.717, 1.165) is 35.4 Å². The van der Waals surface area contributed by atoms with Crippen LogP contribution in [-0.2, 0) is 11.0 Å².